The van der Waals surface area contributed by atoms with Crippen molar-refractivity contribution in [3.05, 3.63) is 35.4 Å². The van der Waals surface area contributed by atoms with Crippen LogP contribution < -0.4 is 10.6 Å². The van der Waals surface area contributed by atoms with Crippen molar-refractivity contribution < 1.29 is 9.47 Å². The molecule has 7 heteroatoms. The van der Waals surface area contributed by atoms with Gasteiger partial charge in [-0.2, -0.15) is 0 Å². The third-order valence-corrected chi connectivity index (χ3v) is 4.87. The van der Waals surface area contributed by atoms with Gasteiger partial charge in [0.15, 0.2) is 5.96 Å². The molecule has 3 rings (SSSR count). The molecule has 1 unspecified atom stereocenters. The molecule has 2 fully saturated rings. The van der Waals surface area contributed by atoms with Crippen molar-refractivity contribution in [2.45, 2.75) is 19.5 Å². The first-order valence-corrected chi connectivity index (χ1v) is 9.24. The number of nitrogens with one attached hydrogen (secondary N) is 2. The highest BCUT2D eigenvalue weighted by molar-refractivity contribution is 14.0. The quantitative estimate of drug-likeness (QED) is 0.375. The Bertz CT molecular complexity index is 558. The van der Waals surface area contributed by atoms with Gasteiger partial charge in [-0.1, -0.05) is 24.3 Å². The fourth-order valence-electron chi connectivity index (χ4n) is 3.27. The summed E-state index contributed by atoms with van der Waals surface area (Å²) in [6.07, 6.45) is 1.13. The van der Waals surface area contributed by atoms with Gasteiger partial charge in [-0.3, -0.25) is 9.89 Å². The van der Waals surface area contributed by atoms with E-state index in [1.54, 1.807) is 0 Å². The van der Waals surface area contributed by atoms with Crippen LogP contribution in [0.5, 0.6) is 0 Å². The molecule has 146 valence electrons. The predicted molar refractivity (Wildman–Crippen MR) is 115 cm³/mol. The zero-order valence-corrected chi connectivity index (χ0v) is 17.9. The van der Waals surface area contributed by atoms with Crippen molar-refractivity contribution in [1.29, 1.82) is 0 Å². The molecule has 2 heterocycles. The first kappa shape index (κ1) is 21.4. The monoisotopic (exact) mass is 474 g/mol. The Balaban J connectivity index is 0.00000243. The van der Waals surface area contributed by atoms with Crippen LogP contribution >= 0.6 is 24.0 Å². The van der Waals surface area contributed by atoms with Crippen molar-refractivity contribution in [1.82, 2.24) is 15.5 Å². The van der Waals surface area contributed by atoms with E-state index in [-0.39, 0.29) is 24.0 Å². The minimum atomic E-state index is 0. The van der Waals surface area contributed by atoms with E-state index in [0.717, 1.165) is 71.5 Å². The Morgan fingerprint density at radius 3 is 2.58 bits per heavy atom. The topological polar surface area (TPSA) is 58.1 Å². The fourth-order valence-corrected chi connectivity index (χ4v) is 3.27. The van der Waals surface area contributed by atoms with Gasteiger partial charge in [0.25, 0.3) is 0 Å². The molecule has 2 aliphatic heterocycles. The summed E-state index contributed by atoms with van der Waals surface area (Å²) in [5.41, 5.74) is 2.69. The summed E-state index contributed by atoms with van der Waals surface area (Å²) in [6.45, 7) is 8.09. The number of benzene rings is 1. The average molecular weight is 474 g/mol. The van der Waals surface area contributed by atoms with Crippen molar-refractivity contribution in [3.8, 4) is 0 Å². The molecule has 0 spiro atoms. The molecule has 0 radical (unpaired) electrons. The minimum Gasteiger partial charge on any atom is -0.381 e. The fraction of sp³-hybridized carbons (Fsp3) is 0.632. The minimum absolute atomic E-state index is 0. The first-order valence-electron chi connectivity index (χ1n) is 9.24. The molecular formula is C19H31IN4O2. The Kier molecular flexibility index (Phi) is 9.66. The number of hydrogen-bond acceptors (Lipinski definition) is 4. The number of morpholine rings is 1. The van der Waals surface area contributed by atoms with Gasteiger partial charge in [0.05, 0.1) is 19.8 Å². The molecule has 0 aliphatic carbocycles. The number of aliphatic imine (C=N–C) groups is 1. The third kappa shape index (κ3) is 6.68. The Labute approximate surface area is 173 Å². The highest BCUT2D eigenvalue weighted by atomic mass is 127. The molecule has 1 aromatic rings. The van der Waals surface area contributed by atoms with Gasteiger partial charge in [-0.15, -0.1) is 24.0 Å². The smallest absolute Gasteiger partial charge is 0.191 e. The number of rotatable bonds is 6. The van der Waals surface area contributed by atoms with E-state index in [2.05, 4.69) is 44.8 Å². The lowest BCUT2D eigenvalue weighted by molar-refractivity contribution is 0.0341. The van der Waals surface area contributed by atoms with Crippen molar-refractivity contribution in [3.63, 3.8) is 0 Å². The van der Waals surface area contributed by atoms with Crippen molar-refractivity contribution >= 4 is 29.9 Å². The highest BCUT2D eigenvalue weighted by Crippen LogP contribution is 2.13. The van der Waals surface area contributed by atoms with Crippen LogP contribution in [0.15, 0.2) is 29.3 Å². The normalized spacial score (nSPS) is 21.3. The molecule has 0 saturated carbocycles. The first-order chi connectivity index (χ1) is 12.3. The zero-order chi connectivity index (χ0) is 17.3. The summed E-state index contributed by atoms with van der Waals surface area (Å²) in [5.74, 6) is 1.44. The maximum Gasteiger partial charge on any atom is 0.191 e. The second-order valence-electron chi connectivity index (χ2n) is 6.69. The number of ether oxygens (including phenoxy) is 2. The van der Waals surface area contributed by atoms with Gasteiger partial charge in [-0.25, -0.2) is 0 Å². The molecule has 2 saturated heterocycles. The van der Waals surface area contributed by atoms with Gasteiger partial charge in [0, 0.05) is 52.3 Å². The summed E-state index contributed by atoms with van der Waals surface area (Å²) in [6, 6.07) is 8.64. The van der Waals surface area contributed by atoms with E-state index in [1.165, 1.54) is 11.1 Å². The van der Waals surface area contributed by atoms with Crippen LogP contribution in [0, 0.1) is 5.92 Å². The Hall–Kier alpha value is -0.900. The molecule has 26 heavy (non-hydrogen) atoms. The second kappa shape index (κ2) is 11.7. The molecule has 0 bridgehead atoms. The van der Waals surface area contributed by atoms with Crippen LogP contribution in [0.2, 0.25) is 0 Å². The van der Waals surface area contributed by atoms with Gasteiger partial charge in [0.2, 0.25) is 0 Å². The van der Waals surface area contributed by atoms with Crippen LogP contribution in [-0.4, -0.2) is 64.0 Å². The van der Waals surface area contributed by atoms with E-state index >= 15 is 0 Å². The van der Waals surface area contributed by atoms with E-state index in [1.807, 2.05) is 7.05 Å². The average Bonchev–Trinajstić information content (AvgIpc) is 3.17. The van der Waals surface area contributed by atoms with Crippen molar-refractivity contribution in [2.75, 3.05) is 53.1 Å². The molecule has 2 N–H and O–H groups in total. The van der Waals surface area contributed by atoms with Crippen LogP contribution in [0.25, 0.3) is 0 Å². The third-order valence-electron chi connectivity index (χ3n) is 4.87. The summed E-state index contributed by atoms with van der Waals surface area (Å²) in [5, 5.41) is 6.86. The summed E-state index contributed by atoms with van der Waals surface area (Å²) >= 11 is 0. The standard InChI is InChI=1S/C19H30N4O2.HI/c1-20-19(21-12-16-6-9-25-15-16)22-13-17-4-2-3-5-18(17)14-23-7-10-24-11-8-23;/h2-5,16H,6-15H2,1H3,(H2,20,21,22);1H. The molecule has 0 amide bonds. The maximum absolute atomic E-state index is 5.44. The Morgan fingerprint density at radius 2 is 1.88 bits per heavy atom. The van der Waals surface area contributed by atoms with Crippen LogP contribution in [0.4, 0.5) is 0 Å². The second-order valence-corrected chi connectivity index (χ2v) is 6.69. The maximum atomic E-state index is 5.44. The lowest BCUT2D eigenvalue weighted by Gasteiger charge is -2.27. The summed E-state index contributed by atoms with van der Waals surface area (Å²) in [7, 11) is 1.82. The number of hydrogen-bond donors (Lipinski definition) is 2. The van der Waals surface area contributed by atoms with Gasteiger partial charge >= 0.3 is 0 Å². The predicted octanol–water partition coefficient (Wildman–Crippen LogP) is 1.84. The van der Waals surface area contributed by atoms with E-state index in [0.29, 0.717) is 5.92 Å². The van der Waals surface area contributed by atoms with E-state index in [4.69, 9.17) is 9.47 Å². The van der Waals surface area contributed by atoms with E-state index < -0.39 is 0 Å². The SMILES string of the molecule is CN=C(NCc1ccccc1CN1CCOCC1)NCC1CCOC1.I. The number of halogens is 1. The van der Waals surface area contributed by atoms with Crippen LogP contribution in [-0.2, 0) is 22.6 Å². The molecule has 1 atom stereocenters. The van der Waals surface area contributed by atoms with E-state index in [9.17, 15) is 0 Å². The number of nitrogens with zero attached hydrogens (tertiary/aromatic N) is 2. The number of guanidine groups is 1. The summed E-state index contributed by atoms with van der Waals surface area (Å²) < 4.78 is 10.9. The summed E-state index contributed by atoms with van der Waals surface area (Å²) in [4.78, 5) is 6.79. The lowest BCUT2D eigenvalue weighted by atomic mass is 10.1. The van der Waals surface area contributed by atoms with Gasteiger partial charge in [-0.05, 0) is 17.5 Å². The zero-order valence-electron chi connectivity index (χ0n) is 15.6. The highest BCUT2D eigenvalue weighted by Gasteiger charge is 2.16. The van der Waals surface area contributed by atoms with Gasteiger partial charge < -0.3 is 20.1 Å². The van der Waals surface area contributed by atoms with Crippen LogP contribution in [0.3, 0.4) is 0 Å². The van der Waals surface area contributed by atoms with Gasteiger partial charge in [0.1, 0.15) is 0 Å². The molecule has 2 aliphatic rings. The Morgan fingerprint density at radius 1 is 1.12 bits per heavy atom. The molecule has 0 aromatic heterocycles. The van der Waals surface area contributed by atoms with Crippen molar-refractivity contribution in [2.24, 2.45) is 10.9 Å². The molecular weight excluding hydrogens is 443 g/mol. The van der Waals surface area contributed by atoms with Crippen LogP contribution in [0.1, 0.15) is 17.5 Å². The largest absolute Gasteiger partial charge is 0.381 e. The lowest BCUT2D eigenvalue weighted by Crippen LogP contribution is -2.40. The molecule has 6 nitrogen and oxygen atoms in total. The molecule has 1 aromatic carbocycles.